The molecule has 0 bridgehead atoms. The van der Waals surface area contributed by atoms with E-state index in [1.807, 2.05) is 50.2 Å². The predicted molar refractivity (Wildman–Crippen MR) is 182 cm³/mol. The van der Waals surface area contributed by atoms with Crippen molar-refractivity contribution >= 4 is 46.8 Å². The van der Waals surface area contributed by atoms with Gasteiger partial charge in [0.2, 0.25) is 11.8 Å². The topological polar surface area (TPSA) is 194 Å². The Hall–Kier alpha value is -3.84. The molecule has 3 aromatic carbocycles. The average Bonchev–Trinajstić information content (AvgIpc) is 3.30. The Morgan fingerprint density at radius 2 is 1.04 bits per heavy atom. The second-order valence-corrected chi connectivity index (χ2v) is 12.1. The molecule has 250 valence electrons. The van der Waals surface area contributed by atoms with Gasteiger partial charge in [0.1, 0.15) is 0 Å². The number of nitrogens with one attached hydrogen (secondary N) is 2. The largest absolute Gasteiger partial charge is 0.400 e. The molecule has 0 saturated carbocycles. The number of halogens is 2. The molecule has 0 spiro atoms. The summed E-state index contributed by atoms with van der Waals surface area (Å²) in [6, 6.07) is 21.4. The summed E-state index contributed by atoms with van der Waals surface area (Å²) in [4.78, 5) is 50.5. The summed E-state index contributed by atoms with van der Waals surface area (Å²) in [6.07, 6.45) is 0. The van der Waals surface area contributed by atoms with Crippen molar-refractivity contribution < 1.29 is 24.3 Å². The molecule has 0 fully saturated rings. The van der Waals surface area contributed by atoms with Crippen LogP contribution in [0.3, 0.4) is 0 Å². The van der Waals surface area contributed by atoms with Crippen molar-refractivity contribution in [2.24, 2.45) is 28.2 Å². The molecule has 11 nitrogen and oxygen atoms in total. The predicted octanol–water partition coefficient (Wildman–Crippen LogP) is 3.65. The number of amides is 4. The molecular formula is C33H44Cl2N6O5. The second-order valence-electron chi connectivity index (χ2n) is 11.3. The second kappa shape index (κ2) is 19.0. The molecular weight excluding hydrogens is 631 g/mol. The quantitative estimate of drug-likeness (QED) is 0.112. The van der Waals surface area contributed by atoms with Crippen LogP contribution in [0, 0.1) is 10.8 Å². The summed E-state index contributed by atoms with van der Waals surface area (Å²) >= 11 is 12.1. The van der Waals surface area contributed by atoms with Crippen LogP contribution in [0.1, 0.15) is 59.5 Å². The number of imide groups is 1. The number of hydrogen-bond acceptors (Lipinski definition) is 8. The Bertz CT molecular complexity index is 1450. The molecule has 0 radical (unpaired) electrons. The summed E-state index contributed by atoms with van der Waals surface area (Å²) in [6.45, 7) is 8.09. The lowest BCUT2D eigenvalue weighted by Gasteiger charge is -2.28. The molecule has 4 amide bonds. The van der Waals surface area contributed by atoms with Crippen LogP contribution < -0.4 is 28.1 Å². The summed E-state index contributed by atoms with van der Waals surface area (Å²) in [7, 11) is 1.00. The molecule has 0 saturated heterocycles. The zero-order chi connectivity index (χ0) is 35.1. The van der Waals surface area contributed by atoms with E-state index in [9.17, 15) is 19.2 Å². The molecule has 4 rings (SSSR count). The molecule has 9 N–H and O–H groups in total. The first-order valence-electron chi connectivity index (χ1n) is 14.3. The molecule has 0 aromatic heterocycles. The van der Waals surface area contributed by atoms with E-state index in [2.05, 4.69) is 22.3 Å². The van der Waals surface area contributed by atoms with Gasteiger partial charge < -0.3 is 21.5 Å². The van der Waals surface area contributed by atoms with Crippen LogP contribution in [0.4, 0.5) is 0 Å². The van der Waals surface area contributed by atoms with E-state index in [1.165, 1.54) is 0 Å². The fourth-order valence-corrected chi connectivity index (χ4v) is 4.46. The molecule has 0 unspecified atom stereocenters. The van der Waals surface area contributed by atoms with E-state index in [4.69, 9.17) is 34.0 Å². The van der Waals surface area contributed by atoms with E-state index < -0.39 is 10.8 Å². The highest BCUT2D eigenvalue weighted by Gasteiger charge is 2.40. The van der Waals surface area contributed by atoms with Gasteiger partial charge in [0, 0.05) is 43.3 Å². The molecule has 0 atom stereocenters. The van der Waals surface area contributed by atoms with Crippen molar-refractivity contribution in [3.8, 4) is 0 Å². The summed E-state index contributed by atoms with van der Waals surface area (Å²) in [5.74, 6) is 6.96. The van der Waals surface area contributed by atoms with Gasteiger partial charge in [-0.3, -0.25) is 35.8 Å². The Labute approximate surface area is 280 Å². The van der Waals surface area contributed by atoms with Gasteiger partial charge in [-0.1, -0.05) is 71.7 Å². The Morgan fingerprint density at radius 1 is 0.696 bits per heavy atom. The lowest BCUT2D eigenvalue weighted by molar-refractivity contribution is -0.130. The fourth-order valence-electron chi connectivity index (χ4n) is 4.06. The summed E-state index contributed by atoms with van der Waals surface area (Å²) in [5, 5.41) is 13.9. The minimum absolute atomic E-state index is 0.00764. The van der Waals surface area contributed by atoms with Gasteiger partial charge >= 0.3 is 0 Å². The first kappa shape index (κ1) is 40.2. The smallest absolute Gasteiger partial charge is 0.261 e. The van der Waals surface area contributed by atoms with Crippen LogP contribution in [0.25, 0.3) is 0 Å². The summed E-state index contributed by atoms with van der Waals surface area (Å²) < 4.78 is 0. The van der Waals surface area contributed by atoms with Crippen LogP contribution in [0.15, 0.2) is 72.8 Å². The Kier molecular flexibility index (Phi) is 16.6. The van der Waals surface area contributed by atoms with Gasteiger partial charge in [-0.2, -0.15) is 0 Å². The third kappa shape index (κ3) is 10.9. The zero-order valence-electron chi connectivity index (χ0n) is 26.8. The van der Waals surface area contributed by atoms with Crippen LogP contribution in [-0.4, -0.2) is 53.8 Å². The highest BCUT2D eigenvalue weighted by Crippen LogP contribution is 2.27. The minimum Gasteiger partial charge on any atom is -0.400 e. The normalized spacial score (nSPS) is 11.9. The monoisotopic (exact) mass is 674 g/mol. The number of nitrogens with zero attached hydrogens (tertiary/aromatic N) is 1. The molecule has 0 aliphatic carbocycles. The SMILES string of the molecule is CC(C)(CN)C(=O)NCc1ccccc1Cl.CC(C)(CN1C(=O)c2ccccc2C1=O)C(=O)NCc1ccccc1Cl.CO.NN. The Morgan fingerprint density at radius 3 is 1.41 bits per heavy atom. The number of fused-ring (bicyclic) bond motifs is 1. The van der Waals surface area contributed by atoms with Gasteiger partial charge in [-0.15, -0.1) is 0 Å². The van der Waals surface area contributed by atoms with Crippen molar-refractivity contribution in [1.29, 1.82) is 0 Å². The lowest BCUT2D eigenvalue weighted by Crippen LogP contribution is -2.46. The van der Waals surface area contributed by atoms with Crippen molar-refractivity contribution in [2.75, 3.05) is 20.2 Å². The number of carbonyl (C=O) groups excluding carboxylic acids is 4. The maximum atomic E-state index is 12.6. The number of aliphatic hydroxyl groups excluding tert-OH is 1. The highest BCUT2D eigenvalue weighted by atomic mass is 35.5. The minimum atomic E-state index is -0.936. The van der Waals surface area contributed by atoms with Gasteiger partial charge in [-0.05, 0) is 63.1 Å². The van der Waals surface area contributed by atoms with E-state index in [1.54, 1.807) is 50.2 Å². The molecule has 13 heteroatoms. The average molecular weight is 676 g/mol. The van der Waals surface area contributed by atoms with Crippen molar-refractivity contribution in [3.05, 3.63) is 105 Å². The third-order valence-corrected chi connectivity index (χ3v) is 7.70. The number of hydrazine groups is 1. The van der Waals surface area contributed by atoms with Crippen molar-refractivity contribution in [2.45, 2.75) is 40.8 Å². The zero-order valence-corrected chi connectivity index (χ0v) is 28.3. The molecule has 46 heavy (non-hydrogen) atoms. The van der Waals surface area contributed by atoms with Crippen LogP contribution in [-0.2, 0) is 22.7 Å². The van der Waals surface area contributed by atoms with Gasteiger partial charge in [-0.25, -0.2) is 0 Å². The van der Waals surface area contributed by atoms with Crippen molar-refractivity contribution in [3.63, 3.8) is 0 Å². The van der Waals surface area contributed by atoms with Gasteiger partial charge in [0.05, 0.1) is 22.0 Å². The summed E-state index contributed by atoms with van der Waals surface area (Å²) in [5.41, 5.74) is 6.51. The number of nitrogens with two attached hydrogens (primary N) is 3. The Balaban J connectivity index is 0.000000455. The van der Waals surface area contributed by atoms with E-state index >= 15 is 0 Å². The van der Waals surface area contributed by atoms with E-state index in [-0.39, 0.29) is 36.7 Å². The van der Waals surface area contributed by atoms with Gasteiger partial charge in [0.15, 0.2) is 0 Å². The number of hydrogen-bond donors (Lipinski definition) is 6. The molecule has 3 aromatic rings. The number of benzene rings is 3. The molecule has 1 aliphatic heterocycles. The van der Waals surface area contributed by atoms with E-state index in [0.29, 0.717) is 34.3 Å². The number of carbonyl (C=O) groups is 4. The first-order valence-corrected chi connectivity index (χ1v) is 15.0. The molecule has 1 aliphatic rings. The van der Waals surface area contributed by atoms with Crippen molar-refractivity contribution in [1.82, 2.24) is 15.5 Å². The highest BCUT2D eigenvalue weighted by molar-refractivity contribution is 6.31. The fraction of sp³-hybridized carbons (Fsp3) is 0.333. The first-order chi connectivity index (χ1) is 21.8. The molecule has 1 heterocycles. The number of aliphatic hydroxyl groups is 1. The maximum absolute atomic E-state index is 12.6. The lowest BCUT2D eigenvalue weighted by atomic mass is 9.91. The third-order valence-electron chi connectivity index (χ3n) is 6.97. The number of rotatable bonds is 9. The van der Waals surface area contributed by atoms with Gasteiger partial charge in [0.25, 0.3) is 11.8 Å². The maximum Gasteiger partial charge on any atom is 0.261 e. The van der Waals surface area contributed by atoms with Crippen LogP contribution in [0.5, 0.6) is 0 Å². The van der Waals surface area contributed by atoms with E-state index in [0.717, 1.165) is 23.1 Å². The van der Waals surface area contributed by atoms with Crippen LogP contribution >= 0.6 is 23.2 Å². The van der Waals surface area contributed by atoms with Crippen LogP contribution in [0.2, 0.25) is 10.0 Å². The standard InChI is InChI=1S/C20H19ClN2O3.C12H17ClN2O.CH4O.H4N2/c1-20(2,19(26)22-11-13-7-3-6-10-16(13)21)12-23-17(24)14-8-4-5-9-15(14)18(23)25;1-12(2,8-14)11(16)15-7-9-5-3-4-6-10(9)13;2*1-2/h3-10H,11-12H2,1-2H3,(H,22,26);3-6H,7-8,14H2,1-2H3,(H,15,16);2H,1H3;1-2H2.